The van der Waals surface area contributed by atoms with E-state index in [0.717, 1.165) is 23.6 Å². The van der Waals surface area contributed by atoms with Crippen LogP contribution in [0.25, 0.3) is 0 Å². The SMILES string of the molecule is CC(Nc1cc(C#N)ccn1)C12CC3CC(CC(C3)C1)C2. The highest BCUT2D eigenvalue weighted by atomic mass is 15.0. The molecule has 3 heteroatoms. The molecule has 0 amide bonds. The zero-order valence-electron chi connectivity index (χ0n) is 12.7. The van der Waals surface area contributed by atoms with Gasteiger partial charge in [-0.3, -0.25) is 0 Å². The quantitative estimate of drug-likeness (QED) is 0.912. The van der Waals surface area contributed by atoms with Gasteiger partial charge in [0, 0.05) is 12.2 Å². The topological polar surface area (TPSA) is 48.7 Å². The zero-order chi connectivity index (χ0) is 14.4. The molecular formula is C18H23N3. The van der Waals surface area contributed by atoms with E-state index in [4.69, 9.17) is 5.26 Å². The Kier molecular flexibility index (Phi) is 2.96. The molecule has 0 aliphatic heterocycles. The van der Waals surface area contributed by atoms with Gasteiger partial charge in [0.2, 0.25) is 0 Å². The molecule has 1 N–H and O–H groups in total. The smallest absolute Gasteiger partial charge is 0.127 e. The predicted octanol–water partition coefficient (Wildman–Crippen LogP) is 3.97. The molecule has 1 aromatic heterocycles. The average molecular weight is 281 g/mol. The number of nitrogens with one attached hydrogen (secondary N) is 1. The Hall–Kier alpha value is -1.56. The molecule has 1 unspecified atom stereocenters. The number of nitrogens with zero attached hydrogens (tertiary/aromatic N) is 2. The third-order valence-electron chi connectivity index (χ3n) is 6.26. The molecule has 0 saturated heterocycles. The van der Waals surface area contributed by atoms with Crippen LogP contribution in [-0.2, 0) is 0 Å². The zero-order valence-corrected chi connectivity index (χ0v) is 12.7. The van der Waals surface area contributed by atoms with Crippen molar-refractivity contribution in [2.24, 2.45) is 23.2 Å². The number of rotatable bonds is 3. The van der Waals surface area contributed by atoms with Gasteiger partial charge >= 0.3 is 0 Å². The fourth-order valence-electron chi connectivity index (χ4n) is 5.66. The number of nitriles is 1. The van der Waals surface area contributed by atoms with Gasteiger partial charge in [0.15, 0.2) is 0 Å². The van der Waals surface area contributed by atoms with Crippen LogP contribution in [0.1, 0.15) is 51.0 Å². The van der Waals surface area contributed by atoms with Crippen molar-refractivity contribution in [3.8, 4) is 6.07 Å². The van der Waals surface area contributed by atoms with E-state index in [2.05, 4.69) is 23.3 Å². The highest BCUT2D eigenvalue weighted by molar-refractivity contribution is 5.43. The lowest BCUT2D eigenvalue weighted by atomic mass is 9.48. The van der Waals surface area contributed by atoms with Gasteiger partial charge in [-0.1, -0.05) is 0 Å². The Bertz CT molecular complexity index is 551. The Labute approximate surface area is 126 Å². The summed E-state index contributed by atoms with van der Waals surface area (Å²) in [5.41, 5.74) is 1.16. The average Bonchev–Trinajstić information content (AvgIpc) is 2.46. The van der Waals surface area contributed by atoms with Crippen molar-refractivity contribution in [1.29, 1.82) is 5.26 Å². The fourth-order valence-corrected chi connectivity index (χ4v) is 5.66. The summed E-state index contributed by atoms with van der Waals surface area (Å²) in [7, 11) is 0. The van der Waals surface area contributed by atoms with Crippen LogP contribution in [-0.4, -0.2) is 11.0 Å². The molecule has 110 valence electrons. The van der Waals surface area contributed by atoms with Crippen molar-refractivity contribution in [3.63, 3.8) is 0 Å². The summed E-state index contributed by atoms with van der Waals surface area (Å²) in [6, 6.07) is 6.28. The first-order valence-corrected chi connectivity index (χ1v) is 8.29. The Morgan fingerprint density at radius 2 is 1.86 bits per heavy atom. The third kappa shape index (κ3) is 2.21. The standard InChI is InChI=1S/C18H23N3/c1-12(21-17-7-13(11-19)2-3-20-17)18-8-14-4-15(9-18)6-16(5-14)10-18/h2-3,7,12,14-16H,4-6,8-10H2,1H3,(H,20,21). The molecule has 3 nitrogen and oxygen atoms in total. The minimum absolute atomic E-state index is 0.451. The van der Waals surface area contributed by atoms with Crippen LogP contribution in [0.15, 0.2) is 18.3 Å². The molecule has 4 bridgehead atoms. The molecule has 1 heterocycles. The first-order chi connectivity index (χ1) is 10.2. The van der Waals surface area contributed by atoms with Crippen molar-refractivity contribution in [3.05, 3.63) is 23.9 Å². The van der Waals surface area contributed by atoms with Gasteiger partial charge in [0.05, 0.1) is 11.6 Å². The second kappa shape index (κ2) is 4.73. The summed E-state index contributed by atoms with van der Waals surface area (Å²) in [4.78, 5) is 4.39. The monoisotopic (exact) mass is 281 g/mol. The molecule has 5 rings (SSSR count). The van der Waals surface area contributed by atoms with Gasteiger partial charge in [0.1, 0.15) is 5.82 Å². The first-order valence-electron chi connectivity index (χ1n) is 8.29. The van der Waals surface area contributed by atoms with E-state index < -0.39 is 0 Å². The maximum Gasteiger partial charge on any atom is 0.127 e. The largest absolute Gasteiger partial charge is 0.367 e. The number of hydrogen-bond acceptors (Lipinski definition) is 3. The van der Waals surface area contributed by atoms with Gasteiger partial charge < -0.3 is 5.32 Å². The summed E-state index contributed by atoms with van der Waals surface area (Å²) in [6.45, 7) is 2.33. The first kappa shape index (κ1) is 13.1. The second-order valence-electron chi connectivity index (χ2n) is 7.69. The van der Waals surface area contributed by atoms with E-state index in [1.165, 1.54) is 38.5 Å². The van der Waals surface area contributed by atoms with Crippen LogP contribution in [0.5, 0.6) is 0 Å². The third-order valence-corrected chi connectivity index (χ3v) is 6.26. The van der Waals surface area contributed by atoms with Crippen LogP contribution in [0.2, 0.25) is 0 Å². The summed E-state index contributed by atoms with van der Waals surface area (Å²) in [6.07, 6.45) is 10.4. The van der Waals surface area contributed by atoms with E-state index in [1.54, 1.807) is 12.3 Å². The Morgan fingerprint density at radius 1 is 1.24 bits per heavy atom. The maximum absolute atomic E-state index is 9.02. The second-order valence-corrected chi connectivity index (χ2v) is 7.69. The molecule has 4 aliphatic rings. The molecule has 4 fully saturated rings. The van der Waals surface area contributed by atoms with Gasteiger partial charge in [0.25, 0.3) is 0 Å². The summed E-state index contributed by atoms with van der Waals surface area (Å²) >= 11 is 0. The minimum Gasteiger partial charge on any atom is -0.367 e. The molecule has 4 aliphatic carbocycles. The van der Waals surface area contributed by atoms with Crippen LogP contribution in [0.3, 0.4) is 0 Å². The van der Waals surface area contributed by atoms with Crippen LogP contribution in [0, 0.1) is 34.5 Å². The molecule has 21 heavy (non-hydrogen) atoms. The van der Waals surface area contributed by atoms with E-state index in [0.29, 0.717) is 17.0 Å². The highest BCUT2D eigenvalue weighted by Crippen LogP contribution is 2.61. The van der Waals surface area contributed by atoms with Crippen LogP contribution < -0.4 is 5.32 Å². The highest BCUT2D eigenvalue weighted by Gasteiger charge is 2.53. The van der Waals surface area contributed by atoms with Crippen LogP contribution in [0.4, 0.5) is 5.82 Å². The van der Waals surface area contributed by atoms with Gasteiger partial charge in [-0.2, -0.15) is 5.26 Å². The van der Waals surface area contributed by atoms with Gasteiger partial charge in [-0.05, 0) is 80.8 Å². The number of hydrogen-bond donors (Lipinski definition) is 1. The lowest BCUT2D eigenvalue weighted by Crippen LogP contribution is -2.53. The molecule has 1 aromatic rings. The maximum atomic E-state index is 9.02. The number of aromatic nitrogens is 1. The van der Waals surface area contributed by atoms with Gasteiger partial charge in [-0.15, -0.1) is 0 Å². The lowest BCUT2D eigenvalue weighted by Gasteiger charge is -2.59. The van der Waals surface area contributed by atoms with Gasteiger partial charge in [-0.25, -0.2) is 4.98 Å². The van der Waals surface area contributed by atoms with Crippen molar-refractivity contribution >= 4 is 5.82 Å². The lowest BCUT2D eigenvalue weighted by molar-refractivity contribution is -0.0603. The fraction of sp³-hybridized carbons (Fsp3) is 0.667. The van der Waals surface area contributed by atoms with E-state index >= 15 is 0 Å². The van der Waals surface area contributed by atoms with E-state index in [-0.39, 0.29) is 0 Å². The summed E-state index contributed by atoms with van der Waals surface area (Å²) < 4.78 is 0. The number of pyridine rings is 1. The summed E-state index contributed by atoms with van der Waals surface area (Å²) in [5, 5.41) is 12.6. The van der Waals surface area contributed by atoms with E-state index in [1.807, 2.05) is 6.07 Å². The molecular weight excluding hydrogens is 258 g/mol. The Balaban J connectivity index is 1.54. The Morgan fingerprint density at radius 3 is 2.43 bits per heavy atom. The van der Waals surface area contributed by atoms with Crippen molar-refractivity contribution in [2.45, 2.75) is 51.5 Å². The van der Waals surface area contributed by atoms with Crippen molar-refractivity contribution < 1.29 is 0 Å². The molecule has 0 spiro atoms. The molecule has 0 aromatic carbocycles. The molecule has 4 saturated carbocycles. The normalized spacial score (nSPS) is 38.0. The predicted molar refractivity (Wildman–Crippen MR) is 82.6 cm³/mol. The number of anilines is 1. The molecule has 1 atom stereocenters. The van der Waals surface area contributed by atoms with Crippen LogP contribution >= 0.6 is 0 Å². The van der Waals surface area contributed by atoms with Crippen molar-refractivity contribution in [1.82, 2.24) is 4.98 Å². The van der Waals surface area contributed by atoms with E-state index in [9.17, 15) is 0 Å². The molecule has 0 radical (unpaired) electrons. The minimum atomic E-state index is 0.451. The van der Waals surface area contributed by atoms with Crippen molar-refractivity contribution in [2.75, 3.05) is 5.32 Å². The summed E-state index contributed by atoms with van der Waals surface area (Å²) in [5.74, 6) is 3.77.